The van der Waals surface area contributed by atoms with Crippen molar-refractivity contribution < 1.29 is 37.9 Å². The third kappa shape index (κ3) is 20.5. The first-order valence-corrected chi connectivity index (χ1v) is 11.2. The molecule has 0 fully saturated rings. The van der Waals surface area contributed by atoms with Crippen LogP contribution in [0.15, 0.2) is 43.0 Å². The molecule has 1 rings (SSSR count). The second-order valence-corrected chi connectivity index (χ2v) is 6.58. The highest BCUT2D eigenvalue weighted by atomic mass is 16.6. The van der Waals surface area contributed by atoms with Crippen molar-refractivity contribution in [2.75, 3.05) is 99.1 Å². The Labute approximate surface area is 192 Å². The lowest BCUT2D eigenvalue weighted by Crippen LogP contribution is -2.15. The van der Waals surface area contributed by atoms with Crippen LogP contribution < -0.4 is 0 Å². The van der Waals surface area contributed by atoms with Crippen LogP contribution in [0.2, 0.25) is 0 Å². The topological polar surface area (TPSA) is 73.8 Å². The lowest BCUT2D eigenvalue weighted by Gasteiger charge is -2.08. The number of ether oxygens (including phenoxy) is 8. The van der Waals surface area contributed by atoms with E-state index >= 15 is 0 Å². The summed E-state index contributed by atoms with van der Waals surface area (Å²) >= 11 is 0. The van der Waals surface area contributed by atoms with E-state index in [1.807, 2.05) is 30.3 Å². The highest BCUT2D eigenvalue weighted by Crippen LogP contribution is 1.99. The van der Waals surface area contributed by atoms with Crippen molar-refractivity contribution in [1.29, 1.82) is 0 Å². The molecule has 0 aliphatic carbocycles. The molecule has 0 amide bonds. The van der Waals surface area contributed by atoms with E-state index < -0.39 is 0 Å². The first-order chi connectivity index (χ1) is 15.9. The van der Waals surface area contributed by atoms with Crippen LogP contribution in [0.3, 0.4) is 0 Å². The average molecular weight is 457 g/mol. The second-order valence-electron chi connectivity index (χ2n) is 6.58. The Bertz CT molecular complexity index is 500. The molecule has 0 saturated carbocycles. The van der Waals surface area contributed by atoms with Gasteiger partial charge in [-0.15, -0.1) is 6.58 Å². The van der Waals surface area contributed by atoms with Gasteiger partial charge in [-0.3, -0.25) is 0 Å². The zero-order valence-corrected chi connectivity index (χ0v) is 19.3. The fourth-order valence-corrected chi connectivity index (χ4v) is 2.37. The third-order valence-electron chi connectivity index (χ3n) is 3.95. The van der Waals surface area contributed by atoms with Crippen molar-refractivity contribution in [2.24, 2.45) is 0 Å². The van der Waals surface area contributed by atoms with Gasteiger partial charge in [0.25, 0.3) is 0 Å². The summed E-state index contributed by atoms with van der Waals surface area (Å²) in [5.41, 5.74) is 1.16. The lowest BCUT2D eigenvalue weighted by molar-refractivity contribution is -0.0231. The van der Waals surface area contributed by atoms with Crippen LogP contribution in [-0.2, 0) is 44.5 Å². The first kappa shape index (κ1) is 28.7. The lowest BCUT2D eigenvalue weighted by atomic mass is 10.2. The Hall–Kier alpha value is -1.36. The van der Waals surface area contributed by atoms with Gasteiger partial charge in [0, 0.05) is 0 Å². The average Bonchev–Trinajstić information content (AvgIpc) is 2.82. The van der Waals surface area contributed by atoms with Crippen LogP contribution in [0, 0.1) is 0 Å². The van der Waals surface area contributed by atoms with E-state index in [9.17, 15) is 0 Å². The van der Waals surface area contributed by atoms with Crippen LogP contribution >= 0.6 is 0 Å². The van der Waals surface area contributed by atoms with Crippen LogP contribution in [0.1, 0.15) is 5.56 Å². The maximum Gasteiger partial charge on any atom is 0.0718 e. The maximum atomic E-state index is 5.55. The van der Waals surface area contributed by atoms with E-state index in [2.05, 4.69) is 6.58 Å². The standard InChI is InChI=1S/C24H40O8/c1-2-8-25-9-10-26-11-12-27-13-14-28-15-16-29-17-18-30-19-20-31-21-22-32-23-24-6-4-3-5-7-24/h2-7H,1,8-23H2. The van der Waals surface area contributed by atoms with Gasteiger partial charge in [-0.1, -0.05) is 36.4 Å². The fourth-order valence-electron chi connectivity index (χ4n) is 2.37. The van der Waals surface area contributed by atoms with Crippen molar-refractivity contribution >= 4 is 0 Å². The van der Waals surface area contributed by atoms with E-state index in [4.69, 9.17) is 37.9 Å². The van der Waals surface area contributed by atoms with E-state index in [0.29, 0.717) is 106 Å². The summed E-state index contributed by atoms with van der Waals surface area (Å²) in [6, 6.07) is 10.1. The highest BCUT2D eigenvalue weighted by Gasteiger charge is 1.95. The molecule has 1 aromatic rings. The molecule has 0 saturated heterocycles. The van der Waals surface area contributed by atoms with Gasteiger partial charge in [-0.2, -0.15) is 0 Å². The summed E-state index contributed by atoms with van der Waals surface area (Å²) in [6.45, 7) is 12.4. The normalized spacial score (nSPS) is 11.1. The van der Waals surface area contributed by atoms with E-state index in [-0.39, 0.29) is 0 Å². The number of hydrogen-bond acceptors (Lipinski definition) is 8. The Kier molecular flexibility index (Phi) is 21.8. The molecule has 0 bridgehead atoms. The minimum absolute atomic E-state index is 0.534. The summed E-state index contributed by atoms with van der Waals surface area (Å²) in [5, 5.41) is 0. The monoisotopic (exact) mass is 456 g/mol. The van der Waals surface area contributed by atoms with Gasteiger partial charge in [0.2, 0.25) is 0 Å². The van der Waals surface area contributed by atoms with Crippen LogP contribution in [-0.4, -0.2) is 99.1 Å². The molecule has 0 N–H and O–H groups in total. The SMILES string of the molecule is C=CCOCCOCCOCCOCCOCCOCCOCCOCc1ccccc1. The maximum absolute atomic E-state index is 5.55. The molecule has 0 aromatic heterocycles. The first-order valence-electron chi connectivity index (χ1n) is 11.2. The molecule has 0 atom stereocenters. The summed E-state index contributed by atoms with van der Waals surface area (Å²) in [7, 11) is 0. The molecule has 1 aromatic carbocycles. The smallest absolute Gasteiger partial charge is 0.0718 e. The van der Waals surface area contributed by atoms with Gasteiger partial charge < -0.3 is 37.9 Å². The molecule has 8 nitrogen and oxygen atoms in total. The summed E-state index contributed by atoms with van der Waals surface area (Å²) in [6.07, 6.45) is 1.71. The van der Waals surface area contributed by atoms with E-state index in [0.717, 1.165) is 5.56 Å². The zero-order valence-electron chi connectivity index (χ0n) is 19.3. The highest BCUT2D eigenvalue weighted by molar-refractivity contribution is 5.13. The molecule has 184 valence electrons. The predicted molar refractivity (Wildman–Crippen MR) is 122 cm³/mol. The van der Waals surface area contributed by atoms with E-state index in [1.54, 1.807) is 6.08 Å². The van der Waals surface area contributed by atoms with Crippen LogP contribution in [0.4, 0.5) is 0 Å². The number of hydrogen-bond donors (Lipinski definition) is 0. The molecule has 0 unspecified atom stereocenters. The molecule has 0 aliphatic rings. The van der Waals surface area contributed by atoms with Crippen molar-refractivity contribution in [1.82, 2.24) is 0 Å². The summed E-state index contributed by atoms with van der Waals surface area (Å²) in [5.74, 6) is 0. The van der Waals surface area contributed by atoms with Crippen molar-refractivity contribution in [2.45, 2.75) is 6.61 Å². The Morgan fingerprint density at radius 3 is 1.19 bits per heavy atom. The molecule has 0 aliphatic heterocycles. The van der Waals surface area contributed by atoms with E-state index in [1.165, 1.54) is 0 Å². The fraction of sp³-hybridized carbons (Fsp3) is 0.667. The van der Waals surface area contributed by atoms with Gasteiger partial charge in [-0.25, -0.2) is 0 Å². The third-order valence-corrected chi connectivity index (χ3v) is 3.95. The molecule has 32 heavy (non-hydrogen) atoms. The zero-order chi connectivity index (χ0) is 22.8. The Morgan fingerprint density at radius 2 is 0.812 bits per heavy atom. The summed E-state index contributed by atoms with van der Waals surface area (Å²) in [4.78, 5) is 0. The summed E-state index contributed by atoms with van der Waals surface area (Å²) < 4.78 is 43.3. The Morgan fingerprint density at radius 1 is 0.469 bits per heavy atom. The minimum atomic E-state index is 0.534. The molecule has 8 heteroatoms. The van der Waals surface area contributed by atoms with Crippen molar-refractivity contribution in [3.63, 3.8) is 0 Å². The predicted octanol–water partition coefficient (Wildman–Crippen LogP) is 2.51. The van der Waals surface area contributed by atoms with Crippen molar-refractivity contribution in [3.05, 3.63) is 48.6 Å². The quantitative estimate of drug-likeness (QED) is 0.164. The van der Waals surface area contributed by atoms with Crippen LogP contribution in [0.5, 0.6) is 0 Å². The van der Waals surface area contributed by atoms with Crippen molar-refractivity contribution in [3.8, 4) is 0 Å². The number of benzene rings is 1. The largest absolute Gasteiger partial charge is 0.377 e. The molecule has 0 radical (unpaired) electrons. The van der Waals surface area contributed by atoms with Gasteiger partial charge in [-0.05, 0) is 5.56 Å². The molecule has 0 heterocycles. The van der Waals surface area contributed by atoms with Crippen LogP contribution in [0.25, 0.3) is 0 Å². The van der Waals surface area contributed by atoms with Gasteiger partial charge in [0.05, 0.1) is 106 Å². The molecule has 0 spiro atoms. The molecular weight excluding hydrogens is 416 g/mol. The number of rotatable bonds is 25. The Balaban J connectivity index is 1.65. The second kappa shape index (κ2) is 24.3. The minimum Gasteiger partial charge on any atom is -0.377 e. The van der Waals surface area contributed by atoms with Gasteiger partial charge in [0.1, 0.15) is 0 Å². The molecular formula is C24H40O8. The van der Waals surface area contributed by atoms with Gasteiger partial charge in [0.15, 0.2) is 0 Å². The van der Waals surface area contributed by atoms with Gasteiger partial charge >= 0.3 is 0 Å².